The van der Waals surface area contributed by atoms with Crippen molar-refractivity contribution in [1.29, 1.82) is 0 Å². The van der Waals surface area contributed by atoms with Crippen molar-refractivity contribution in [2.45, 2.75) is 53.6 Å². The molecule has 0 amide bonds. The summed E-state index contributed by atoms with van der Waals surface area (Å²) in [7, 11) is 0. The molecule has 49 heavy (non-hydrogen) atoms. The van der Waals surface area contributed by atoms with Crippen LogP contribution < -0.4 is 18.9 Å². The van der Waals surface area contributed by atoms with E-state index >= 15 is 0 Å². The number of oxime groups is 2. The van der Waals surface area contributed by atoms with Gasteiger partial charge in [0.1, 0.15) is 59.5 Å². The maximum atomic E-state index is 13.3. The lowest BCUT2D eigenvalue weighted by Gasteiger charge is -2.17. The smallest absolute Gasteiger partial charge is 0.420 e. The molecule has 0 spiro atoms. The Morgan fingerprint density at radius 2 is 1.20 bits per heavy atom. The number of halogens is 9. The van der Waals surface area contributed by atoms with Gasteiger partial charge in [0.15, 0.2) is 4.74 Å². The fraction of sp³-hybridized carbons (Fsp3) is 0.438. The molecule has 274 valence electrons. The molecule has 2 rings (SSSR count). The summed E-state index contributed by atoms with van der Waals surface area (Å²) in [5.41, 5.74) is 1.41. The van der Waals surface area contributed by atoms with E-state index in [0.29, 0.717) is 42.6 Å². The van der Waals surface area contributed by atoms with Gasteiger partial charge in [0.05, 0.1) is 34.7 Å². The summed E-state index contributed by atoms with van der Waals surface area (Å²) in [6.07, 6.45) is -1.11. The van der Waals surface area contributed by atoms with Gasteiger partial charge in [0.25, 0.3) is 0 Å². The van der Waals surface area contributed by atoms with E-state index in [1.54, 1.807) is 26.0 Å². The van der Waals surface area contributed by atoms with Crippen molar-refractivity contribution < 1.29 is 46.2 Å². The topological polar surface area (TPSA) is 80.1 Å². The molecule has 0 unspecified atom stereocenters. The monoisotopic (exact) mass is 840 g/mol. The highest BCUT2D eigenvalue weighted by atomic mass is 79.9. The summed E-state index contributed by atoms with van der Waals surface area (Å²) in [6.45, 7) is 10.3. The van der Waals surface area contributed by atoms with Crippen LogP contribution in [0.5, 0.6) is 23.0 Å². The summed E-state index contributed by atoms with van der Waals surface area (Å²) in [4.78, 5) is 10.0. The first kappa shape index (κ1) is 44.4. The maximum Gasteiger partial charge on any atom is 0.420 e. The minimum atomic E-state index is -4.70. The second-order valence-corrected chi connectivity index (χ2v) is 12.7. The summed E-state index contributed by atoms with van der Waals surface area (Å²) < 4.78 is 73.2. The van der Waals surface area contributed by atoms with E-state index in [4.69, 9.17) is 75.0 Å². The highest BCUT2D eigenvalue weighted by Crippen LogP contribution is 2.43. The van der Waals surface area contributed by atoms with Crippen molar-refractivity contribution in [1.82, 2.24) is 0 Å². The molecule has 17 heteroatoms. The van der Waals surface area contributed by atoms with Gasteiger partial charge < -0.3 is 28.6 Å². The zero-order valence-electron chi connectivity index (χ0n) is 27.4. The molecule has 0 saturated carbocycles. The second kappa shape index (κ2) is 23.8. The van der Waals surface area contributed by atoms with Gasteiger partial charge in [-0.05, 0) is 80.4 Å². The Balaban J connectivity index is 0.000000494. The van der Waals surface area contributed by atoms with Crippen molar-refractivity contribution in [3.05, 3.63) is 66.8 Å². The van der Waals surface area contributed by atoms with Crippen LogP contribution in [0.3, 0.4) is 0 Å². The highest BCUT2D eigenvalue weighted by Gasteiger charge is 2.36. The Hall–Kier alpha value is -2.58. The molecule has 0 heterocycles. The Labute approximate surface area is 312 Å². The van der Waals surface area contributed by atoms with Crippen LogP contribution in [-0.4, -0.2) is 51.1 Å². The molecular weight excluding hydrogens is 806 g/mol. The largest absolute Gasteiger partial charge is 0.492 e. The molecule has 0 aliphatic rings. The number of alkyl halides is 3. The number of nitrogens with zero attached hydrogens (tertiary/aromatic N) is 2. The highest BCUT2D eigenvalue weighted by molar-refractivity contribution is 9.11. The Bertz CT molecular complexity index is 1420. The third kappa shape index (κ3) is 20.0. The molecule has 0 N–H and O–H groups in total. The first-order valence-electron chi connectivity index (χ1n) is 14.5. The van der Waals surface area contributed by atoms with E-state index in [9.17, 15) is 17.6 Å². The molecule has 2 aromatic carbocycles. The SMILES string of the molecule is CC(C)=NOCCCOc1c(C)cc(OCC=C(Cl)Cl)cc1Cl.CC(C)=NOCCCOc1c(Cl)cc(OC/C=C(\F)Br)cc1C(F)(F)F. The standard InChI is InChI=1S/C16H17BrClF4NO3.C16H20Cl3NO3/c1-10(2)23-26-6-3-5-25-15-12(16(20,21)22)8-11(9-13(15)18)24-7-4-14(17)19;1-11(2)20-23-7-4-6-22-16-12(3)9-13(10-14(16)17)21-8-5-15(18)19/h4,8-9H,3,5-7H2,1-2H3;5,9-10H,4,6-8H2,1-3H3/b14-4-;. The molecule has 8 nitrogen and oxygen atoms in total. The van der Waals surface area contributed by atoms with Crippen molar-refractivity contribution in [2.24, 2.45) is 10.3 Å². The van der Waals surface area contributed by atoms with Crippen LogP contribution in [0, 0.1) is 6.92 Å². The quantitative estimate of drug-likeness (QED) is 0.0644. The molecule has 0 bridgehead atoms. The molecule has 2 aromatic rings. The van der Waals surface area contributed by atoms with Gasteiger partial charge in [-0.25, -0.2) is 0 Å². The number of ether oxygens (including phenoxy) is 4. The van der Waals surface area contributed by atoms with E-state index in [0.717, 1.165) is 29.1 Å². The average molecular weight is 843 g/mol. The second-order valence-electron chi connectivity index (χ2n) is 10.1. The van der Waals surface area contributed by atoms with E-state index < -0.39 is 22.2 Å². The lowest BCUT2D eigenvalue weighted by molar-refractivity contribution is -0.139. The number of hydrogen-bond donors (Lipinski definition) is 0. The average Bonchev–Trinajstić information content (AvgIpc) is 2.97. The van der Waals surface area contributed by atoms with E-state index in [1.807, 2.05) is 26.8 Å². The van der Waals surface area contributed by atoms with Crippen molar-refractivity contribution >= 4 is 73.8 Å². The van der Waals surface area contributed by atoms with Crippen LogP contribution in [0.4, 0.5) is 17.6 Å². The van der Waals surface area contributed by atoms with Crippen LogP contribution in [0.25, 0.3) is 0 Å². The number of aryl methyl sites for hydroxylation is 1. The fourth-order valence-electron chi connectivity index (χ4n) is 3.32. The Morgan fingerprint density at radius 3 is 1.65 bits per heavy atom. The third-order valence-corrected chi connectivity index (χ3v) is 6.44. The van der Waals surface area contributed by atoms with Crippen LogP contribution in [-0.2, 0) is 15.9 Å². The van der Waals surface area contributed by atoms with Gasteiger partial charge in [-0.1, -0.05) is 56.7 Å². The van der Waals surface area contributed by atoms with Gasteiger partial charge in [0, 0.05) is 25.0 Å². The first-order chi connectivity index (χ1) is 23.0. The summed E-state index contributed by atoms with van der Waals surface area (Å²) in [6, 6.07) is 5.47. The van der Waals surface area contributed by atoms with Gasteiger partial charge in [-0.3, -0.25) is 0 Å². The lowest BCUT2D eigenvalue weighted by atomic mass is 10.1. The first-order valence-corrected chi connectivity index (χ1v) is 16.8. The van der Waals surface area contributed by atoms with E-state index in [2.05, 4.69) is 26.2 Å². The van der Waals surface area contributed by atoms with Gasteiger partial charge in [-0.15, -0.1) is 0 Å². The molecule has 0 aromatic heterocycles. The predicted molar refractivity (Wildman–Crippen MR) is 191 cm³/mol. The number of hydrogen-bond acceptors (Lipinski definition) is 8. The Kier molecular flexibility index (Phi) is 21.5. The molecule has 0 fully saturated rings. The number of benzene rings is 2. The summed E-state index contributed by atoms with van der Waals surface area (Å²) >= 11 is 25.7. The molecule has 0 saturated heterocycles. The van der Waals surface area contributed by atoms with E-state index in [-0.39, 0.29) is 41.7 Å². The zero-order chi connectivity index (χ0) is 37.0. The summed E-state index contributed by atoms with van der Waals surface area (Å²) in [5, 5.41) is 7.78. The van der Waals surface area contributed by atoms with Crippen LogP contribution in [0.15, 0.2) is 56.0 Å². The fourth-order valence-corrected chi connectivity index (χ4v) is 4.15. The van der Waals surface area contributed by atoms with Crippen LogP contribution in [0.2, 0.25) is 10.0 Å². The zero-order valence-corrected chi connectivity index (χ0v) is 32.0. The van der Waals surface area contributed by atoms with Crippen molar-refractivity contribution in [2.75, 3.05) is 39.6 Å². The predicted octanol–water partition coefficient (Wildman–Crippen LogP) is 11.7. The molecule has 0 aliphatic heterocycles. The number of rotatable bonds is 18. The molecule has 0 aliphatic carbocycles. The lowest BCUT2D eigenvalue weighted by Crippen LogP contribution is -2.11. The maximum absolute atomic E-state index is 13.3. The molecular formula is C32H37BrCl4F4N2O6. The van der Waals surface area contributed by atoms with Crippen LogP contribution in [0.1, 0.15) is 51.7 Å². The minimum Gasteiger partial charge on any atom is -0.492 e. The van der Waals surface area contributed by atoms with Gasteiger partial charge in [-0.2, -0.15) is 17.6 Å². The summed E-state index contributed by atoms with van der Waals surface area (Å²) in [5.74, 6) is 0.613. The van der Waals surface area contributed by atoms with E-state index in [1.165, 1.54) is 6.07 Å². The van der Waals surface area contributed by atoms with Crippen molar-refractivity contribution in [3.8, 4) is 23.0 Å². The van der Waals surface area contributed by atoms with Crippen molar-refractivity contribution in [3.63, 3.8) is 0 Å². The normalized spacial score (nSPS) is 11.0. The Morgan fingerprint density at radius 1 is 0.735 bits per heavy atom. The van der Waals surface area contributed by atoms with Crippen LogP contribution >= 0.6 is 62.3 Å². The van der Waals surface area contributed by atoms with Gasteiger partial charge in [0.2, 0.25) is 0 Å². The van der Waals surface area contributed by atoms with Gasteiger partial charge >= 0.3 is 6.18 Å². The minimum absolute atomic E-state index is 0.0428. The molecule has 0 atom stereocenters. The third-order valence-electron chi connectivity index (χ3n) is 5.25. The molecule has 0 radical (unpaired) electrons.